The van der Waals surface area contributed by atoms with Crippen molar-refractivity contribution in [3.63, 3.8) is 0 Å². The molecule has 0 N–H and O–H groups in total. The minimum Gasteiger partial charge on any atom is -0.338 e. The molecule has 0 bridgehead atoms. The molecule has 3 aromatic rings. The molecule has 2 saturated heterocycles. The van der Waals surface area contributed by atoms with E-state index in [4.69, 9.17) is 0 Å². The molecule has 0 saturated carbocycles. The van der Waals surface area contributed by atoms with Crippen LogP contribution < -0.4 is 4.90 Å². The lowest BCUT2D eigenvalue weighted by molar-refractivity contribution is -0.134. The Balaban J connectivity index is 1.27. The molecule has 2 aliphatic rings. The fourth-order valence-corrected chi connectivity index (χ4v) is 6.22. The summed E-state index contributed by atoms with van der Waals surface area (Å²) < 4.78 is 29.6. The van der Waals surface area contributed by atoms with Crippen molar-refractivity contribution in [1.82, 2.24) is 29.4 Å². The van der Waals surface area contributed by atoms with Gasteiger partial charge in [0.2, 0.25) is 21.9 Å². The van der Waals surface area contributed by atoms with Gasteiger partial charge in [0.15, 0.2) is 0 Å². The monoisotopic (exact) mass is 481 g/mol. The Bertz CT molecular complexity index is 1250. The summed E-state index contributed by atoms with van der Waals surface area (Å²) in [7, 11) is -3.73. The number of rotatable bonds is 5. The molecular weight excluding hydrogens is 454 g/mol. The first-order valence-corrected chi connectivity index (χ1v) is 12.9. The lowest BCUT2D eigenvalue weighted by Gasteiger charge is -2.37. The van der Waals surface area contributed by atoms with Gasteiger partial charge in [-0.3, -0.25) is 4.79 Å². The molecular formula is C23H27N7O3S. The number of aryl methyl sites for hydroxylation is 1. The maximum atomic E-state index is 13.4. The number of carbonyl (C=O) groups excluding carboxylic acids is 1. The quantitative estimate of drug-likeness (QED) is 0.544. The van der Waals surface area contributed by atoms with Crippen molar-refractivity contribution >= 4 is 21.9 Å². The molecule has 2 aliphatic heterocycles. The predicted molar refractivity (Wildman–Crippen MR) is 126 cm³/mol. The van der Waals surface area contributed by atoms with Crippen LogP contribution in [0.25, 0.3) is 5.69 Å². The van der Waals surface area contributed by atoms with Gasteiger partial charge in [-0.15, -0.1) is 0 Å². The summed E-state index contributed by atoms with van der Waals surface area (Å²) in [6, 6.07) is 15.8. The smallest absolute Gasteiger partial charge is 0.250 e. The van der Waals surface area contributed by atoms with Gasteiger partial charge in [0.05, 0.1) is 10.6 Å². The van der Waals surface area contributed by atoms with Crippen LogP contribution in [0.3, 0.4) is 0 Å². The first-order valence-electron chi connectivity index (χ1n) is 11.4. The highest BCUT2D eigenvalue weighted by Crippen LogP contribution is 2.28. The van der Waals surface area contributed by atoms with Gasteiger partial charge in [-0.25, -0.2) is 8.42 Å². The summed E-state index contributed by atoms with van der Waals surface area (Å²) in [6.45, 7) is 4.37. The maximum absolute atomic E-state index is 13.4. The molecule has 1 aromatic heterocycles. The van der Waals surface area contributed by atoms with Gasteiger partial charge < -0.3 is 9.80 Å². The summed E-state index contributed by atoms with van der Waals surface area (Å²) >= 11 is 0. The fraction of sp³-hybridized carbons (Fsp3) is 0.391. The zero-order valence-corrected chi connectivity index (χ0v) is 19.8. The number of benzene rings is 2. The number of hydrogen-bond acceptors (Lipinski definition) is 7. The van der Waals surface area contributed by atoms with Crippen LogP contribution in [0.5, 0.6) is 0 Å². The number of amides is 1. The Morgan fingerprint density at radius 3 is 2.35 bits per heavy atom. The second kappa shape index (κ2) is 9.15. The average molecular weight is 482 g/mol. The minimum atomic E-state index is -3.73. The minimum absolute atomic E-state index is 0.129. The van der Waals surface area contributed by atoms with Crippen LogP contribution in [0.2, 0.25) is 0 Å². The Kier molecular flexibility index (Phi) is 6.05. The molecule has 34 heavy (non-hydrogen) atoms. The van der Waals surface area contributed by atoms with Crippen molar-refractivity contribution in [1.29, 1.82) is 0 Å². The van der Waals surface area contributed by atoms with Crippen LogP contribution in [0.4, 0.5) is 5.95 Å². The molecule has 11 heteroatoms. The molecule has 2 aromatic carbocycles. The third-order valence-corrected chi connectivity index (χ3v) is 8.37. The standard InChI is InChI=1S/C23H27N7O3S/c1-18-9-11-20(12-10-18)34(32,33)29-13-5-8-21(29)22(31)27-14-16-28(17-15-27)23-24-25-26-30(23)19-6-3-2-4-7-19/h2-4,6-7,9-12,21H,5,8,13-17H2,1H3/t21-/m0/s1. The van der Waals surface area contributed by atoms with E-state index in [2.05, 4.69) is 15.5 Å². The van der Waals surface area contributed by atoms with Crippen molar-refractivity contribution < 1.29 is 13.2 Å². The maximum Gasteiger partial charge on any atom is 0.250 e. The lowest BCUT2D eigenvalue weighted by atomic mass is 10.2. The lowest BCUT2D eigenvalue weighted by Crippen LogP contribution is -2.54. The predicted octanol–water partition coefficient (Wildman–Crippen LogP) is 1.47. The summed E-state index contributed by atoms with van der Waals surface area (Å²) in [6.07, 6.45) is 1.21. The van der Waals surface area contributed by atoms with Crippen molar-refractivity contribution in [2.24, 2.45) is 0 Å². The fourth-order valence-electron chi connectivity index (χ4n) is 4.57. The van der Waals surface area contributed by atoms with E-state index < -0.39 is 16.1 Å². The van der Waals surface area contributed by atoms with Crippen LogP contribution in [0.15, 0.2) is 59.5 Å². The van der Waals surface area contributed by atoms with Crippen molar-refractivity contribution in [2.45, 2.75) is 30.7 Å². The summed E-state index contributed by atoms with van der Waals surface area (Å²) in [5.74, 6) is 0.498. The molecule has 2 fully saturated rings. The van der Waals surface area contributed by atoms with E-state index in [1.165, 1.54) is 4.31 Å². The first kappa shape index (κ1) is 22.5. The van der Waals surface area contributed by atoms with Gasteiger partial charge in [-0.1, -0.05) is 41.0 Å². The first-order chi connectivity index (χ1) is 16.4. The van der Waals surface area contributed by atoms with E-state index in [1.807, 2.05) is 42.2 Å². The zero-order chi connectivity index (χ0) is 23.7. The molecule has 1 atom stereocenters. The van der Waals surface area contributed by atoms with Crippen LogP contribution in [-0.2, 0) is 14.8 Å². The molecule has 5 rings (SSSR count). The highest BCUT2D eigenvalue weighted by molar-refractivity contribution is 7.89. The number of aromatic nitrogens is 4. The van der Waals surface area contributed by atoms with E-state index in [-0.39, 0.29) is 10.8 Å². The number of tetrazole rings is 1. The number of piperazine rings is 1. The van der Waals surface area contributed by atoms with Crippen molar-refractivity contribution in [2.75, 3.05) is 37.6 Å². The Morgan fingerprint density at radius 1 is 0.941 bits per heavy atom. The van der Waals surface area contributed by atoms with Gasteiger partial charge in [0.1, 0.15) is 6.04 Å². The van der Waals surface area contributed by atoms with Crippen molar-refractivity contribution in [3.8, 4) is 5.69 Å². The van der Waals surface area contributed by atoms with Gasteiger partial charge in [0.25, 0.3) is 0 Å². The third kappa shape index (κ3) is 4.16. The Hall–Kier alpha value is -3.31. The second-order valence-electron chi connectivity index (χ2n) is 8.63. The van der Waals surface area contributed by atoms with Gasteiger partial charge >= 0.3 is 0 Å². The van der Waals surface area contributed by atoms with Gasteiger partial charge in [-0.05, 0) is 54.5 Å². The van der Waals surface area contributed by atoms with Gasteiger partial charge in [0, 0.05) is 32.7 Å². The Labute approximate surface area is 198 Å². The molecule has 10 nitrogen and oxygen atoms in total. The third-order valence-electron chi connectivity index (χ3n) is 6.44. The molecule has 0 aliphatic carbocycles. The van der Waals surface area contributed by atoms with E-state index in [1.54, 1.807) is 33.8 Å². The van der Waals surface area contributed by atoms with Crippen molar-refractivity contribution in [3.05, 3.63) is 60.2 Å². The molecule has 0 radical (unpaired) electrons. The van der Waals surface area contributed by atoms with Crippen LogP contribution in [0, 0.1) is 6.92 Å². The molecule has 1 amide bonds. The normalized spacial score (nSPS) is 19.5. The molecule has 0 spiro atoms. The van der Waals surface area contributed by atoms with Crippen LogP contribution in [-0.4, -0.2) is 82.5 Å². The number of anilines is 1. The number of para-hydroxylation sites is 1. The second-order valence-corrected chi connectivity index (χ2v) is 10.5. The number of hydrogen-bond donors (Lipinski definition) is 0. The largest absolute Gasteiger partial charge is 0.338 e. The highest BCUT2D eigenvalue weighted by Gasteiger charge is 2.41. The van der Waals surface area contributed by atoms with E-state index in [0.717, 1.165) is 11.3 Å². The number of sulfonamides is 1. The Morgan fingerprint density at radius 2 is 1.65 bits per heavy atom. The molecule has 3 heterocycles. The summed E-state index contributed by atoms with van der Waals surface area (Å²) in [4.78, 5) is 17.4. The number of nitrogens with zero attached hydrogens (tertiary/aromatic N) is 7. The average Bonchev–Trinajstić information content (AvgIpc) is 3.55. The SMILES string of the molecule is Cc1ccc(S(=O)(=O)N2CCC[C@H]2C(=O)N2CCN(c3nnnn3-c3ccccc3)CC2)cc1. The van der Waals surface area contributed by atoms with E-state index in [9.17, 15) is 13.2 Å². The van der Waals surface area contributed by atoms with Gasteiger partial charge in [-0.2, -0.15) is 8.99 Å². The van der Waals surface area contributed by atoms with E-state index in [0.29, 0.717) is 51.5 Å². The zero-order valence-electron chi connectivity index (χ0n) is 19.0. The highest BCUT2D eigenvalue weighted by atomic mass is 32.2. The number of carbonyl (C=O) groups is 1. The summed E-state index contributed by atoms with van der Waals surface area (Å²) in [5.41, 5.74) is 1.85. The topological polar surface area (TPSA) is 105 Å². The van der Waals surface area contributed by atoms with Crippen LogP contribution >= 0.6 is 0 Å². The summed E-state index contributed by atoms with van der Waals surface area (Å²) in [5, 5.41) is 12.1. The van der Waals surface area contributed by atoms with E-state index >= 15 is 0 Å². The molecule has 0 unspecified atom stereocenters. The molecule has 178 valence electrons. The van der Waals surface area contributed by atoms with Crippen LogP contribution in [0.1, 0.15) is 18.4 Å².